The van der Waals surface area contributed by atoms with Crippen LogP contribution in [0.1, 0.15) is 0 Å². The summed E-state index contributed by atoms with van der Waals surface area (Å²) < 4.78 is 30.5. The number of nitrogens with two attached hydrogens (primary N) is 1. The van der Waals surface area contributed by atoms with E-state index < -0.39 is 10.1 Å². The van der Waals surface area contributed by atoms with Crippen LogP contribution in [0.3, 0.4) is 0 Å². The van der Waals surface area contributed by atoms with Gasteiger partial charge in [0.15, 0.2) is 0 Å². The predicted octanol–water partition coefficient (Wildman–Crippen LogP) is -0.0651. The molecule has 2 rings (SSSR count). The minimum Gasteiger partial charge on any atom is -0.399 e. The van der Waals surface area contributed by atoms with Crippen LogP contribution >= 0.6 is 0 Å². The average molecular weight is 300 g/mol. The van der Waals surface area contributed by atoms with Gasteiger partial charge >= 0.3 is 29.6 Å². The molecule has 2 aromatic carbocycles. The van der Waals surface area contributed by atoms with E-state index in [0.717, 1.165) is 0 Å². The summed E-state index contributed by atoms with van der Waals surface area (Å²) in [6, 6.07) is 12.2. The van der Waals surface area contributed by atoms with Gasteiger partial charge in [-0.05, 0) is 48.5 Å². The normalized spacial score (nSPS) is 11.2. The van der Waals surface area contributed by atoms with Crippen molar-refractivity contribution < 1.29 is 42.5 Å². The molecular formula is C12H11N3NaO3S+. The molecule has 0 aliphatic heterocycles. The van der Waals surface area contributed by atoms with Gasteiger partial charge in [-0.2, -0.15) is 18.6 Å². The average Bonchev–Trinajstić information content (AvgIpc) is 2.37. The molecule has 0 saturated heterocycles. The molecule has 0 bridgehead atoms. The molecule has 98 valence electrons. The Balaban J connectivity index is 0.00000200. The van der Waals surface area contributed by atoms with E-state index in [2.05, 4.69) is 10.2 Å². The molecule has 0 saturated carbocycles. The number of anilines is 1. The molecule has 0 unspecified atom stereocenters. The van der Waals surface area contributed by atoms with Gasteiger partial charge in [0.05, 0.1) is 16.3 Å². The maximum Gasteiger partial charge on any atom is 1.00 e. The summed E-state index contributed by atoms with van der Waals surface area (Å²) >= 11 is 0. The first-order valence-electron chi connectivity index (χ1n) is 5.30. The van der Waals surface area contributed by atoms with E-state index in [1.165, 1.54) is 24.3 Å². The van der Waals surface area contributed by atoms with Crippen LogP contribution in [-0.4, -0.2) is 13.0 Å². The van der Waals surface area contributed by atoms with Gasteiger partial charge in [-0.3, -0.25) is 4.55 Å². The van der Waals surface area contributed by atoms with Gasteiger partial charge in [0, 0.05) is 5.69 Å². The first-order chi connectivity index (χ1) is 8.95. The van der Waals surface area contributed by atoms with E-state index in [4.69, 9.17) is 10.3 Å². The molecular weight excluding hydrogens is 289 g/mol. The molecule has 8 heteroatoms. The van der Waals surface area contributed by atoms with Gasteiger partial charge in [0.25, 0.3) is 10.1 Å². The molecule has 2 aromatic rings. The van der Waals surface area contributed by atoms with Crippen LogP contribution in [0.4, 0.5) is 17.1 Å². The first-order valence-corrected chi connectivity index (χ1v) is 6.74. The number of nitrogens with zero attached hydrogens (tertiary/aromatic N) is 2. The zero-order valence-corrected chi connectivity index (χ0v) is 13.6. The van der Waals surface area contributed by atoms with Gasteiger partial charge in [-0.25, -0.2) is 0 Å². The largest absolute Gasteiger partial charge is 1.00 e. The molecule has 20 heavy (non-hydrogen) atoms. The summed E-state index contributed by atoms with van der Waals surface area (Å²) in [5.74, 6) is 0. The molecule has 0 spiro atoms. The molecule has 6 nitrogen and oxygen atoms in total. The summed E-state index contributed by atoms with van der Waals surface area (Å²) in [6.07, 6.45) is 0. The summed E-state index contributed by atoms with van der Waals surface area (Å²) in [5.41, 5.74) is 7.28. The van der Waals surface area contributed by atoms with E-state index in [1.54, 1.807) is 24.3 Å². The molecule has 0 aliphatic rings. The molecule has 0 radical (unpaired) electrons. The van der Waals surface area contributed by atoms with Crippen LogP contribution in [0.2, 0.25) is 0 Å². The van der Waals surface area contributed by atoms with Crippen molar-refractivity contribution in [2.45, 2.75) is 4.90 Å². The zero-order chi connectivity index (χ0) is 13.9. The van der Waals surface area contributed by atoms with Gasteiger partial charge < -0.3 is 5.73 Å². The van der Waals surface area contributed by atoms with Crippen molar-refractivity contribution in [1.29, 1.82) is 0 Å². The summed E-state index contributed by atoms with van der Waals surface area (Å²) in [4.78, 5) is -0.182. The van der Waals surface area contributed by atoms with Gasteiger partial charge in [0.2, 0.25) is 0 Å². The van der Waals surface area contributed by atoms with E-state index in [-0.39, 0.29) is 34.5 Å². The first kappa shape index (κ1) is 16.8. The number of nitrogen functional groups attached to an aromatic ring is 1. The fraction of sp³-hybridized carbons (Fsp3) is 0. The van der Waals surface area contributed by atoms with Crippen molar-refractivity contribution in [3.05, 3.63) is 48.5 Å². The third-order valence-electron chi connectivity index (χ3n) is 2.31. The number of hydrogen-bond donors (Lipinski definition) is 2. The van der Waals surface area contributed by atoms with Gasteiger partial charge in [-0.1, -0.05) is 0 Å². The van der Waals surface area contributed by atoms with Crippen LogP contribution in [-0.2, 0) is 10.1 Å². The molecule has 0 fully saturated rings. The van der Waals surface area contributed by atoms with Gasteiger partial charge in [-0.15, -0.1) is 0 Å². The summed E-state index contributed by atoms with van der Waals surface area (Å²) in [7, 11) is -4.18. The Bertz CT molecular complexity index is 698. The maximum atomic E-state index is 10.8. The van der Waals surface area contributed by atoms with E-state index in [9.17, 15) is 8.42 Å². The fourth-order valence-electron chi connectivity index (χ4n) is 1.34. The Labute approximate surface area is 138 Å². The van der Waals surface area contributed by atoms with Crippen LogP contribution in [0.5, 0.6) is 0 Å². The summed E-state index contributed by atoms with van der Waals surface area (Å²) in [6.45, 7) is 0. The third kappa shape index (κ3) is 4.69. The van der Waals surface area contributed by atoms with Gasteiger partial charge in [0.1, 0.15) is 0 Å². The molecule has 0 aliphatic carbocycles. The number of hydrogen-bond acceptors (Lipinski definition) is 5. The minimum atomic E-state index is -4.18. The Morgan fingerprint density at radius 2 is 1.25 bits per heavy atom. The topological polar surface area (TPSA) is 105 Å². The second-order valence-corrected chi connectivity index (χ2v) is 5.18. The minimum absolute atomic E-state index is 0. The van der Waals surface area contributed by atoms with Crippen molar-refractivity contribution >= 4 is 27.2 Å². The third-order valence-corrected chi connectivity index (χ3v) is 3.18. The fourth-order valence-corrected chi connectivity index (χ4v) is 1.82. The zero-order valence-electron chi connectivity index (χ0n) is 10.8. The van der Waals surface area contributed by atoms with E-state index in [1.807, 2.05) is 0 Å². The Hall–Kier alpha value is -1.25. The second-order valence-electron chi connectivity index (χ2n) is 3.76. The Kier molecular flexibility index (Phi) is 5.85. The quantitative estimate of drug-likeness (QED) is 0.358. The molecule has 0 atom stereocenters. The molecule has 3 N–H and O–H groups in total. The van der Waals surface area contributed by atoms with Crippen LogP contribution in [0, 0.1) is 0 Å². The van der Waals surface area contributed by atoms with Crippen molar-refractivity contribution in [2.24, 2.45) is 10.2 Å². The van der Waals surface area contributed by atoms with E-state index in [0.29, 0.717) is 17.1 Å². The van der Waals surface area contributed by atoms with Crippen molar-refractivity contribution in [3.8, 4) is 0 Å². The van der Waals surface area contributed by atoms with Crippen LogP contribution in [0.15, 0.2) is 63.7 Å². The SMILES string of the molecule is Nc1ccc(N=Nc2ccc(S(=O)(=O)O)cc2)cc1.[Na+]. The van der Waals surface area contributed by atoms with Crippen LogP contribution < -0.4 is 35.3 Å². The molecule has 0 aromatic heterocycles. The Morgan fingerprint density at radius 3 is 1.65 bits per heavy atom. The van der Waals surface area contributed by atoms with Crippen molar-refractivity contribution in [3.63, 3.8) is 0 Å². The van der Waals surface area contributed by atoms with Crippen LogP contribution in [0.25, 0.3) is 0 Å². The van der Waals surface area contributed by atoms with Crippen molar-refractivity contribution in [1.82, 2.24) is 0 Å². The van der Waals surface area contributed by atoms with Crippen molar-refractivity contribution in [2.75, 3.05) is 5.73 Å². The monoisotopic (exact) mass is 300 g/mol. The molecule has 0 heterocycles. The number of benzene rings is 2. The molecule has 0 amide bonds. The van der Waals surface area contributed by atoms with E-state index >= 15 is 0 Å². The number of rotatable bonds is 3. The second kappa shape index (κ2) is 6.96. The maximum absolute atomic E-state index is 10.8. The Morgan fingerprint density at radius 1 is 0.850 bits per heavy atom. The number of azo groups is 1. The summed E-state index contributed by atoms with van der Waals surface area (Å²) in [5, 5.41) is 7.90. The standard InChI is InChI=1S/C12H11N3O3S.Na/c13-9-1-3-10(4-2-9)14-15-11-5-7-12(8-6-11)19(16,17)18;/h1-8H,13H2,(H,16,17,18);/q;+1. The smallest absolute Gasteiger partial charge is 0.399 e. The predicted molar refractivity (Wildman–Crippen MR) is 71.3 cm³/mol.